The topological polar surface area (TPSA) is 83.5 Å². The van der Waals surface area contributed by atoms with E-state index in [9.17, 15) is 14.4 Å². The average molecular weight is 442 g/mol. The van der Waals surface area contributed by atoms with Gasteiger partial charge in [0.2, 0.25) is 0 Å². The molecule has 1 aliphatic rings. The van der Waals surface area contributed by atoms with Gasteiger partial charge in [0.15, 0.2) is 5.78 Å². The zero-order chi connectivity index (χ0) is 22.2. The van der Waals surface area contributed by atoms with Crippen molar-refractivity contribution in [3.8, 4) is 0 Å². The molecule has 1 aliphatic carbocycles. The number of carboxylic acids is 1. The molecule has 1 amide bonds. The van der Waals surface area contributed by atoms with Gasteiger partial charge >= 0.3 is 5.97 Å². The lowest BCUT2D eigenvalue weighted by Crippen LogP contribution is -2.24. The van der Waals surface area contributed by atoms with E-state index in [0.717, 1.165) is 25.7 Å². The van der Waals surface area contributed by atoms with Crippen molar-refractivity contribution in [2.45, 2.75) is 50.9 Å². The summed E-state index contributed by atoms with van der Waals surface area (Å²) in [6.45, 7) is 0.435. The molecule has 1 saturated carbocycles. The van der Waals surface area contributed by atoms with Crippen LogP contribution in [-0.2, 0) is 4.79 Å². The van der Waals surface area contributed by atoms with Gasteiger partial charge in [-0.05, 0) is 73.8 Å². The molecule has 5 nitrogen and oxygen atoms in total. The molecular weight excluding hydrogens is 414 g/mol. The summed E-state index contributed by atoms with van der Waals surface area (Å²) >= 11 is 5.82. The molecule has 0 aromatic heterocycles. The largest absolute Gasteiger partial charge is 0.481 e. The van der Waals surface area contributed by atoms with Crippen LogP contribution in [-0.4, -0.2) is 29.3 Å². The first-order valence-electron chi connectivity index (χ1n) is 10.8. The van der Waals surface area contributed by atoms with Crippen LogP contribution in [0.5, 0.6) is 0 Å². The molecular formula is C25H28ClNO4. The van der Waals surface area contributed by atoms with Gasteiger partial charge in [-0.2, -0.15) is 0 Å². The Balaban J connectivity index is 1.40. The number of amides is 1. The number of aliphatic carboxylic acids is 1. The Morgan fingerprint density at radius 2 is 1.52 bits per heavy atom. The predicted molar refractivity (Wildman–Crippen MR) is 121 cm³/mol. The van der Waals surface area contributed by atoms with Crippen LogP contribution in [0.25, 0.3) is 0 Å². The van der Waals surface area contributed by atoms with E-state index in [2.05, 4.69) is 5.32 Å². The molecule has 31 heavy (non-hydrogen) atoms. The third-order valence-corrected chi connectivity index (χ3v) is 6.24. The summed E-state index contributed by atoms with van der Waals surface area (Å²) in [5, 5.41) is 12.3. The molecule has 0 unspecified atom stereocenters. The highest BCUT2D eigenvalue weighted by molar-refractivity contribution is 6.30. The molecule has 0 radical (unpaired) electrons. The minimum atomic E-state index is -0.712. The quantitative estimate of drug-likeness (QED) is 0.398. The molecule has 0 aliphatic heterocycles. The highest BCUT2D eigenvalue weighted by Gasteiger charge is 2.24. The number of carbonyl (C=O) groups excluding carboxylic acids is 2. The molecule has 0 saturated heterocycles. The van der Waals surface area contributed by atoms with Gasteiger partial charge in [0.25, 0.3) is 5.91 Å². The van der Waals surface area contributed by atoms with Gasteiger partial charge in [-0.3, -0.25) is 14.4 Å². The summed E-state index contributed by atoms with van der Waals surface area (Å²) in [5.41, 5.74) is 2.45. The van der Waals surface area contributed by atoms with Gasteiger partial charge in [-0.25, -0.2) is 0 Å². The normalized spacial score (nSPS) is 18.4. The van der Waals surface area contributed by atoms with E-state index in [1.165, 1.54) is 5.56 Å². The van der Waals surface area contributed by atoms with E-state index in [-0.39, 0.29) is 24.0 Å². The summed E-state index contributed by atoms with van der Waals surface area (Å²) in [5.74, 6) is -0.0908. The SMILES string of the molecule is O=C(O)CC1CCC(c2ccc(C(=O)CCCNC(=O)c3ccc(Cl)cc3)cc2)CC1. The zero-order valence-electron chi connectivity index (χ0n) is 17.5. The van der Waals surface area contributed by atoms with Crippen molar-refractivity contribution in [1.82, 2.24) is 5.32 Å². The molecule has 6 heteroatoms. The number of benzene rings is 2. The van der Waals surface area contributed by atoms with Crippen molar-refractivity contribution in [2.75, 3.05) is 6.54 Å². The van der Waals surface area contributed by atoms with Crippen LogP contribution in [0.1, 0.15) is 77.1 Å². The number of Topliss-reactive ketones (excluding diaryl/α,β-unsaturated/α-hetero) is 1. The van der Waals surface area contributed by atoms with Crippen molar-refractivity contribution < 1.29 is 19.5 Å². The van der Waals surface area contributed by atoms with Crippen LogP contribution in [0.2, 0.25) is 5.02 Å². The van der Waals surface area contributed by atoms with E-state index in [1.54, 1.807) is 24.3 Å². The van der Waals surface area contributed by atoms with Gasteiger partial charge in [0.05, 0.1) is 0 Å². The predicted octanol–water partition coefficient (Wildman–Crippen LogP) is 5.48. The fourth-order valence-electron chi connectivity index (χ4n) is 4.19. The molecule has 2 N–H and O–H groups in total. The Kier molecular flexibility index (Phi) is 8.24. The average Bonchev–Trinajstić information content (AvgIpc) is 2.77. The summed E-state index contributed by atoms with van der Waals surface area (Å²) in [7, 11) is 0. The lowest BCUT2D eigenvalue weighted by atomic mass is 9.77. The Hall–Kier alpha value is -2.66. The van der Waals surface area contributed by atoms with Crippen LogP contribution < -0.4 is 5.32 Å². The highest BCUT2D eigenvalue weighted by Crippen LogP contribution is 2.37. The van der Waals surface area contributed by atoms with Crippen molar-refractivity contribution in [1.29, 1.82) is 0 Å². The number of carboxylic acid groups (broad SMARTS) is 1. The minimum absolute atomic E-state index is 0.0671. The molecule has 0 atom stereocenters. The molecule has 0 heterocycles. The van der Waals surface area contributed by atoms with Crippen molar-refractivity contribution >= 4 is 29.3 Å². The van der Waals surface area contributed by atoms with Crippen LogP contribution >= 0.6 is 11.6 Å². The van der Waals surface area contributed by atoms with E-state index >= 15 is 0 Å². The third-order valence-electron chi connectivity index (χ3n) is 5.99. The smallest absolute Gasteiger partial charge is 0.303 e. The number of nitrogens with one attached hydrogen (secondary N) is 1. The number of halogens is 1. The van der Waals surface area contributed by atoms with Gasteiger partial charge < -0.3 is 10.4 Å². The van der Waals surface area contributed by atoms with Crippen LogP contribution in [0, 0.1) is 5.92 Å². The number of hydrogen-bond acceptors (Lipinski definition) is 3. The van der Waals surface area contributed by atoms with Gasteiger partial charge in [0, 0.05) is 35.5 Å². The Bertz CT molecular complexity index is 900. The molecule has 3 rings (SSSR count). The molecule has 0 spiro atoms. The van der Waals surface area contributed by atoms with Crippen LogP contribution in [0.15, 0.2) is 48.5 Å². The molecule has 1 fully saturated rings. The summed E-state index contributed by atoms with van der Waals surface area (Å²) in [6, 6.07) is 14.5. The Morgan fingerprint density at radius 3 is 2.13 bits per heavy atom. The maximum absolute atomic E-state index is 12.4. The first-order chi connectivity index (χ1) is 14.9. The second-order valence-corrected chi connectivity index (χ2v) is 8.66. The highest BCUT2D eigenvalue weighted by atomic mass is 35.5. The van der Waals surface area contributed by atoms with E-state index < -0.39 is 5.97 Å². The summed E-state index contributed by atoms with van der Waals surface area (Å²) < 4.78 is 0. The van der Waals surface area contributed by atoms with Gasteiger partial charge in [-0.1, -0.05) is 35.9 Å². The molecule has 2 aromatic carbocycles. The van der Waals surface area contributed by atoms with E-state index in [1.807, 2.05) is 24.3 Å². The maximum Gasteiger partial charge on any atom is 0.303 e. The number of hydrogen-bond donors (Lipinski definition) is 2. The third kappa shape index (κ3) is 6.93. The van der Waals surface area contributed by atoms with Gasteiger partial charge in [-0.15, -0.1) is 0 Å². The second-order valence-electron chi connectivity index (χ2n) is 8.23. The molecule has 2 aromatic rings. The minimum Gasteiger partial charge on any atom is -0.481 e. The Labute approximate surface area is 187 Å². The lowest BCUT2D eigenvalue weighted by Gasteiger charge is -2.28. The first-order valence-corrected chi connectivity index (χ1v) is 11.2. The van der Waals surface area contributed by atoms with Gasteiger partial charge in [0.1, 0.15) is 0 Å². The fraction of sp³-hybridized carbons (Fsp3) is 0.400. The van der Waals surface area contributed by atoms with E-state index in [4.69, 9.17) is 16.7 Å². The van der Waals surface area contributed by atoms with Crippen LogP contribution in [0.3, 0.4) is 0 Å². The lowest BCUT2D eigenvalue weighted by molar-refractivity contribution is -0.138. The van der Waals surface area contributed by atoms with Crippen molar-refractivity contribution in [3.05, 3.63) is 70.2 Å². The van der Waals surface area contributed by atoms with E-state index in [0.29, 0.717) is 41.5 Å². The second kappa shape index (κ2) is 11.1. The summed E-state index contributed by atoms with van der Waals surface area (Å²) in [4.78, 5) is 35.4. The molecule has 164 valence electrons. The zero-order valence-corrected chi connectivity index (χ0v) is 18.2. The molecule has 0 bridgehead atoms. The summed E-state index contributed by atoms with van der Waals surface area (Å²) in [6.07, 6.45) is 5.10. The van der Waals surface area contributed by atoms with Crippen LogP contribution in [0.4, 0.5) is 0 Å². The van der Waals surface area contributed by atoms with Crippen molar-refractivity contribution in [3.63, 3.8) is 0 Å². The monoisotopic (exact) mass is 441 g/mol. The Morgan fingerprint density at radius 1 is 0.903 bits per heavy atom. The fourth-order valence-corrected chi connectivity index (χ4v) is 4.31. The number of rotatable bonds is 9. The first kappa shape index (κ1) is 23.0. The van der Waals surface area contributed by atoms with Crippen molar-refractivity contribution in [2.24, 2.45) is 5.92 Å². The standard InChI is InChI=1S/C25H28ClNO4/c26-22-13-11-21(12-14-22)25(31)27-15-1-2-23(28)20-9-7-19(8-10-20)18-5-3-17(4-6-18)16-24(29)30/h7-14,17-18H,1-6,15-16H2,(H,27,31)(H,29,30). The number of carbonyl (C=O) groups is 3. The maximum atomic E-state index is 12.4. The number of ketones is 1.